The van der Waals surface area contributed by atoms with Gasteiger partial charge in [0, 0.05) is 19.6 Å². The van der Waals surface area contributed by atoms with Crippen LogP contribution in [0, 0.1) is 0 Å². The molecule has 0 aliphatic carbocycles. The van der Waals surface area contributed by atoms with Gasteiger partial charge in [-0.3, -0.25) is 4.79 Å². The van der Waals surface area contributed by atoms with E-state index < -0.39 is 0 Å². The van der Waals surface area contributed by atoms with Gasteiger partial charge in [-0.1, -0.05) is 18.2 Å². The van der Waals surface area contributed by atoms with Crippen molar-refractivity contribution in [2.75, 3.05) is 5.75 Å². The highest BCUT2D eigenvalue weighted by Crippen LogP contribution is 2.20. The van der Waals surface area contributed by atoms with Gasteiger partial charge >= 0.3 is 0 Å². The molecule has 1 aromatic carbocycles. The lowest BCUT2D eigenvalue weighted by atomic mass is 10.4. The second-order valence-electron chi connectivity index (χ2n) is 3.61. The molecule has 0 bridgehead atoms. The molecule has 0 fully saturated rings. The maximum Gasteiger partial charge on any atom is 0.230 e. The van der Waals surface area contributed by atoms with E-state index in [4.69, 9.17) is 0 Å². The van der Waals surface area contributed by atoms with Gasteiger partial charge in [0.2, 0.25) is 5.91 Å². The number of thioether (sulfide) groups is 1. The number of carbonyl (C=O) groups excluding carboxylic acids is 1. The first-order valence-corrected chi connectivity index (χ1v) is 8.07. The minimum atomic E-state index is 0.0633. The van der Waals surface area contributed by atoms with Gasteiger partial charge in [-0.2, -0.15) is 0 Å². The minimum Gasteiger partial charge on any atom is -0.350 e. The van der Waals surface area contributed by atoms with Crippen LogP contribution < -0.4 is 5.32 Å². The average molecular weight is 342 g/mol. The Hall–Kier alpha value is -0.780. The highest BCUT2D eigenvalue weighted by molar-refractivity contribution is 9.10. The van der Waals surface area contributed by atoms with Crippen LogP contribution in [-0.2, 0) is 11.3 Å². The van der Waals surface area contributed by atoms with E-state index in [0.717, 1.165) is 14.2 Å². The van der Waals surface area contributed by atoms with Crippen LogP contribution in [0.15, 0.2) is 51.1 Å². The lowest BCUT2D eigenvalue weighted by Crippen LogP contribution is -2.24. The highest BCUT2D eigenvalue weighted by atomic mass is 79.9. The molecular formula is C13H12BrNOS2. The van der Waals surface area contributed by atoms with Gasteiger partial charge in [0.1, 0.15) is 0 Å². The molecule has 0 aliphatic heterocycles. The minimum absolute atomic E-state index is 0.0633. The maximum atomic E-state index is 11.7. The summed E-state index contributed by atoms with van der Waals surface area (Å²) in [6, 6.07) is 12.0. The first-order valence-electron chi connectivity index (χ1n) is 5.41. The quantitative estimate of drug-likeness (QED) is 0.835. The third-order valence-electron chi connectivity index (χ3n) is 2.19. The Labute approximate surface area is 123 Å². The van der Waals surface area contributed by atoms with E-state index >= 15 is 0 Å². The van der Waals surface area contributed by atoms with Gasteiger partial charge in [-0.05, 0) is 34.1 Å². The van der Waals surface area contributed by atoms with E-state index in [1.165, 1.54) is 0 Å². The molecule has 1 amide bonds. The second-order valence-corrected chi connectivity index (χ2v) is 6.57. The van der Waals surface area contributed by atoms with Crippen molar-refractivity contribution in [3.63, 3.8) is 0 Å². The maximum absolute atomic E-state index is 11.7. The lowest BCUT2D eigenvalue weighted by molar-refractivity contribution is -0.118. The summed E-state index contributed by atoms with van der Waals surface area (Å²) < 4.78 is 1.07. The van der Waals surface area contributed by atoms with Crippen LogP contribution in [0.4, 0.5) is 0 Å². The number of carbonyl (C=O) groups is 1. The van der Waals surface area contributed by atoms with Crippen LogP contribution in [0.5, 0.6) is 0 Å². The molecule has 0 unspecified atom stereocenters. The highest BCUT2D eigenvalue weighted by Gasteiger charge is 2.03. The molecule has 1 aromatic heterocycles. The zero-order valence-electron chi connectivity index (χ0n) is 9.56. The summed E-state index contributed by atoms with van der Waals surface area (Å²) in [7, 11) is 0. The van der Waals surface area contributed by atoms with Crippen molar-refractivity contribution in [2.24, 2.45) is 0 Å². The zero-order valence-corrected chi connectivity index (χ0v) is 12.8. The number of thiophene rings is 1. The number of hydrogen-bond donors (Lipinski definition) is 1. The summed E-state index contributed by atoms with van der Waals surface area (Å²) in [5, 5.41) is 4.93. The number of amides is 1. The Morgan fingerprint density at radius 3 is 2.78 bits per heavy atom. The third kappa shape index (κ3) is 4.48. The second kappa shape index (κ2) is 6.97. The number of benzene rings is 1. The van der Waals surface area contributed by atoms with Crippen LogP contribution in [0.3, 0.4) is 0 Å². The first kappa shape index (κ1) is 13.6. The van der Waals surface area contributed by atoms with Gasteiger partial charge in [-0.15, -0.1) is 23.1 Å². The molecule has 1 heterocycles. The van der Waals surface area contributed by atoms with E-state index in [0.29, 0.717) is 12.3 Å². The molecule has 2 aromatic rings. The molecule has 2 nitrogen and oxygen atoms in total. The van der Waals surface area contributed by atoms with Crippen molar-refractivity contribution in [3.05, 3.63) is 51.1 Å². The predicted molar refractivity (Wildman–Crippen MR) is 81.0 cm³/mol. The third-order valence-corrected chi connectivity index (χ3v) is 4.90. The number of halogens is 1. The van der Waals surface area contributed by atoms with E-state index in [2.05, 4.69) is 21.2 Å². The molecule has 0 saturated heterocycles. The number of hydrogen-bond acceptors (Lipinski definition) is 3. The molecular weight excluding hydrogens is 330 g/mol. The fraction of sp³-hybridized carbons (Fsp3) is 0.154. The van der Waals surface area contributed by atoms with Gasteiger partial charge in [0.15, 0.2) is 0 Å². The van der Waals surface area contributed by atoms with Crippen molar-refractivity contribution in [3.8, 4) is 0 Å². The van der Waals surface area contributed by atoms with Gasteiger partial charge < -0.3 is 5.32 Å². The Kier molecular flexibility index (Phi) is 5.28. The smallest absolute Gasteiger partial charge is 0.230 e. The normalized spacial score (nSPS) is 10.3. The topological polar surface area (TPSA) is 29.1 Å². The van der Waals surface area contributed by atoms with Crippen LogP contribution >= 0.6 is 39.0 Å². The molecule has 18 heavy (non-hydrogen) atoms. The van der Waals surface area contributed by atoms with E-state index in [1.807, 2.05) is 41.8 Å². The molecule has 5 heteroatoms. The van der Waals surface area contributed by atoms with Gasteiger partial charge in [0.25, 0.3) is 0 Å². The number of rotatable bonds is 5. The summed E-state index contributed by atoms with van der Waals surface area (Å²) in [5.74, 6) is 0.518. The standard InChI is InChI=1S/C13H12BrNOS2/c14-10-6-12(17-8-10)7-15-13(16)9-18-11-4-2-1-3-5-11/h1-6,8H,7,9H2,(H,15,16). The van der Waals surface area contributed by atoms with Crippen molar-refractivity contribution in [2.45, 2.75) is 11.4 Å². The lowest BCUT2D eigenvalue weighted by Gasteiger charge is -2.03. The summed E-state index contributed by atoms with van der Waals surface area (Å²) in [6.45, 7) is 0.602. The average Bonchev–Trinajstić information content (AvgIpc) is 2.81. The molecule has 94 valence electrons. The van der Waals surface area contributed by atoms with Gasteiger partial charge in [-0.25, -0.2) is 0 Å². The Balaban J connectivity index is 1.73. The van der Waals surface area contributed by atoms with Crippen LogP contribution in [0.25, 0.3) is 0 Å². The molecule has 0 atom stereocenters. The van der Waals surface area contributed by atoms with E-state index in [1.54, 1.807) is 23.1 Å². The Morgan fingerprint density at radius 1 is 1.33 bits per heavy atom. The summed E-state index contributed by atoms with van der Waals surface area (Å²) >= 11 is 6.58. The zero-order chi connectivity index (χ0) is 12.8. The fourth-order valence-electron chi connectivity index (χ4n) is 1.35. The van der Waals surface area contributed by atoms with E-state index in [9.17, 15) is 4.79 Å². The fourth-order valence-corrected chi connectivity index (χ4v) is 3.49. The molecule has 0 radical (unpaired) electrons. The molecule has 0 aliphatic rings. The molecule has 0 saturated carbocycles. The Bertz CT molecular complexity index is 513. The SMILES string of the molecule is O=C(CSc1ccccc1)NCc1cc(Br)cs1. The summed E-state index contributed by atoms with van der Waals surface area (Å²) in [5.41, 5.74) is 0. The van der Waals surface area contributed by atoms with Crippen molar-refractivity contribution in [1.29, 1.82) is 0 Å². The molecule has 0 spiro atoms. The first-order chi connectivity index (χ1) is 8.74. The number of nitrogens with one attached hydrogen (secondary N) is 1. The Morgan fingerprint density at radius 2 is 2.11 bits per heavy atom. The van der Waals surface area contributed by atoms with Gasteiger partial charge in [0.05, 0.1) is 12.3 Å². The predicted octanol–water partition coefficient (Wildman–Crippen LogP) is 3.92. The van der Waals surface area contributed by atoms with Crippen molar-refractivity contribution in [1.82, 2.24) is 5.32 Å². The van der Waals surface area contributed by atoms with Crippen LogP contribution in [0.2, 0.25) is 0 Å². The largest absolute Gasteiger partial charge is 0.350 e. The van der Waals surface area contributed by atoms with Crippen LogP contribution in [-0.4, -0.2) is 11.7 Å². The summed E-state index contributed by atoms with van der Waals surface area (Å²) in [6.07, 6.45) is 0. The van der Waals surface area contributed by atoms with Crippen molar-refractivity contribution < 1.29 is 4.79 Å². The van der Waals surface area contributed by atoms with E-state index in [-0.39, 0.29) is 5.91 Å². The molecule has 1 N–H and O–H groups in total. The monoisotopic (exact) mass is 341 g/mol. The molecule has 2 rings (SSSR count). The van der Waals surface area contributed by atoms with Crippen LogP contribution in [0.1, 0.15) is 4.88 Å². The summed E-state index contributed by atoms with van der Waals surface area (Å²) in [4.78, 5) is 13.9. The van der Waals surface area contributed by atoms with Crippen molar-refractivity contribution >= 4 is 44.9 Å².